The van der Waals surface area contributed by atoms with Gasteiger partial charge < -0.3 is 56.4 Å². The molecule has 0 aliphatic carbocycles. The van der Waals surface area contributed by atoms with Gasteiger partial charge in [-0.15, -0.1) is 4.52 Å². The van der Waals surface area contributed by atoms with Crippen LogP contribution in [0.3, 0.4) is 0 Å². The van der Waals surface area contributed by atoms with Crippen LogP contribution in [0.1, 0.15) is 12.8 Å². The Morgan fingerprint density at radius 3 is 1.45 bits per heavy atom. The summed E-state index contributed by atoms with van der Waals surface area (Å²) in [5, 5.41) is 0.0995. The molecule has 1 aliphatic heterocycles. The molecule has 0 aromatic heterocycles. The molecule has 320 valence electrons. The number of alkyl halides is 3. The van der Waals surface area contributed by atoms with Crippen molar-refractivity contribution in [2.75, 3.05) is 35.3 Å². The second kappa shape index (κ2) is 20.0. The average Bonchev–Trinajstić information content (AvgIpc) is 3.16. The normalized spacial score (nSPS) is 18.8. The van der Waals surface area contributed by atoms with E-state index in [0.29, 0.717) is 17.1 Å². The van der Waals surface area contributed by atoms with Gasteiger partial charge in [-0.3, -0.25) is 0 Å². The zero-order valence-electron chi connectivity index (χ0n) is 30.5. The molecule has 5 aromatic rings. The summed E-state index contributed by atoms with van der Waals surface area (Å²) in [5.41, 5.74) is 31.5. The van der Waals surface area contributed by atoms with Gasteiger partial charge in [-0.05, 0) is 91.0 Å². The Balaban J connectivity index is 1.65. The molecule has 0 saturated heterocycles. The van der Waals surface area contributed by atoms with Crippen LogP contribution in [0.15, 0.2) is 95.5 Å². The van der Waals surface area contributed by atoms with E-state index in [4.69, 9.17) is 119 Å². The van der Waals surface area contributed by atoms with Crippen LogP contribution in [0.4, 0.5) is 41.6 Å². The van der Waals surface area contributed by atoms with Crippen molar-refractivity contribution >= 4 is 111 Å². The van der Waals surface area contributed by atoms with Gasteiger partial charge in [0.1, 0.15) is 23.4 Å². The molecule has 4 unspecified atom stereocenters. The summed E-state index contributed by atoms with van der Waals surface area (Å²) >= 11 is 33.3. The molecule has 6 rings (SSSR count). The van der Waals surface area contributed by atoms with Crippen LogP contribution >= 0.6 is 82.6 Å². The zero-order valence-corrected chi connectivity index (χ0v) is 36.9. The van der Waals surface area contributed by atoms with E-state index in [-0.39, 0.29) is 65.2 Å². The maximum absolute atomic E-state index is 15.0. The molecule has 0 fully saturated rings. The standard InChI is InChI=1S/C35H33Cl5F3N8O6P3/c36-25-14-20(44)1-6-30(25)53-50-58(55-32-8-3-22(46)16-27(32)38)49-60(52-12-11-19(41)13-35(42)43,57-34-10-5-24(48)18-29(34)40)51(54-31-7-2-21(45)15-26(31)37)59(50)56-33-9-4-23(47)17-28(33)39/h1-10,14-19,35H,11-13,44-48H2. The van der Waals surface area contributed by atoms with Crippen LogP contribution in [0, 0.1) is 0 Å². The van der Waals surface area contributed by atoms with Crippen molar-refractivity contribution in [3.8, 4) is 28.7 Å². The quantitative estimate of drug-likeness (QED) is 0.0462. The summed E-state index contributed by atoms with van der Waals surface area (Å²) in [7, 11) is -9.98. The Kier molecular flexibility index (Phi) is 15.3. The van der Waals surface area contributed by atoms with Crippen molar-refractivity contribution in [1.82, 2.24) is 9.21 Å². The first kappa shape index (κ1) is 45.8. The van der Waals surface area contributed by atoms with Crippen molar-refractivity contribution in [2.45, 2.75) is 25.4 Å². The number of anilines is 5. The van der Waals surface area contributed by atoms with Gasteiger partial charge in [0.05, 0.1) is 31.7 Å². The van der Waals surface area contributed by atoms with Crippen molar-refractivity contribution in [3.63, 3.8) is 0 Å². The number of hydrogen-bond acceptors (Lipinski definition) is 14. The van der Waals surface area contributed by atoms with E-state index in [1.165, 1.54) is 91.0 Å². The van der Waals surface area contributed by atoms with Gasteiger partial charge in [0.25, 0.3) is 0 Å². The largest absolute Gasteiger partial charge is 0.439 e. The molecular formula is C35H33Cl5F3N8O6P3. The van der Waals surface area contributed by atoms with Crippen LogP contribution in [-0.4, -0.2) is 28.4 Å². The average molecular weight is 989 g/mol. The Hall–Kier alpha value is -3.69. The van der Waals surface area contributed by atoms with E-state index in [1.807, 2.05) is 0 Å². The minimum atomic E-state index is -4.49. The van der Waals surface area contributed by atoms with E-state index in [1.54, 1.807) is 0 Å². The third-order valence-electron chi connectivity index (χ3n) is 7.69. The predicted octanol–water partition coefficient (Wildman–Crippen LogP) is 12.8. The fourth-order valence-electron chi connectivity index (χ4n) is 4.87. The molecule has 0 amide bonds. The van der Waals surface area contributed by atoms with Gasteiger partial charge in [0, 0.05) is 50.5 Å². The minimum absolute atomic E-state index is 0.00775. The highest BCUT2D eigenvalue weighted by Crippen LogP contribution is 2.78. The van der Waals surface area contributed by atoms with Crippen LogP contribution in [0.25, 0.3) is 0 Å². The molecule has 60 heavy (non-hydrogen) atoms. The third-order valence-corrected chi connectivity index (χ3v) is 16.0. The number of rotatable bonds is 16. The minimum Gasteiger partial charge on any atom is -0.439 e. The lowest BCUT2D eigenvalue weighted by atomic mass is 10.2. The van der Waals surface area contributed by atoms with Gasteiger partial charge in [-0.25, -0.2) is 13.2 Å². The molecule has 10 N–H and O–H groups in total. The van der Waals surface area contributed by atoms with Gasteiger partial charge in [-0.2, -0.15) is 0 Å². The van der Waals surface area contributed by atoms with E-state index in [9.17, 15) is 13.2 Å². The second-order valence-corrected chi connectivity index (χ2v) is 20.0. The fraction of sp³-hybridized carbons (Fsp3) is 0.143. The van der Waals surface area contributed by atoms with Crippen molar-refractivity contribution in [1.29, 1.82) is 0 Å². The van der Waals surface area contributed by atoms with Crippen LogP contribution in [0.5, 0.6) is 28.7 Å². The summed E-state index contributed by atoms with van der Waals surface area (Å²) in [4.78, 5) is 13.1. The molecule has 5 aromatic carbocycles. The number of nitrogen functional groups attached to an aromatic ring is 5. The summed E-state index contributed by atoms with van der Waals surface area (Å²) in [6, 6.07) is 21.8. The highest BCUT2D eigenvalue weighted by atomic mass is 35.5. The molecule has 25 heteroatoms. The topological polar surface area (TPSA) is 204 Å². The number of nitrogens with two attached hydrogens (primary N) is 5. The highest BCUT2D eigenvalue weighted by molar-refractivity contribution is 7.78. The van der Waals surface area contributed by atoms with E-state index in [0.717, 1.165) is 9.21 Å². The number of hydrogen-bond donors (Lipinski definition) is 5. The lowest BCUT2D eigenvalue weighted by Crippen LogP contribution is -2.36. The van der Waals surface area contributed by atoms with Gasteiger partial charge in [0.15, 0.2) is 11.5 Å². The third kappa shape index (κ3) is 11.4. The Bertz CT molecular complexity index is 2410. The number of benzene rings is 5. The van der Waals surface area contributed by atoms with Crippen LogP contribution in [-0.2, 0) is 4.52 Å². The second-order valence-electron chi connectivity index (χ2n) is 12.3. The first-order valence-corrected chi connectivity index (χ1v) is 22.8. The maximum Gasteiger partial charge on any atom is 0.393 e. The lowest BCUT2D eigenvalue weighted by Gasteiger charge is -2.44. The molecule has 0 saturated carbocycles. The highest BCUT2D eigenvalue weighted by Gasteiger charge is 2.57. The summed E-state index contributed by atoms with van der Waals surface area (Å²) in [6.07, 6.45) is -6.58. The fourth-order valence-corrected chi connectivity index (χ4v) is 13.8. The van der Waals surface area contributed by atoms with Gasteiger partial charge in [-0.1, -0.05) is 58.0 Å². The lowest BCUT2D eigenvalue weighted by molar-refractivity contribution is 0.0453. The predicted molar refractivity (Wildman–Crippen MR) is 235 cm³/mol. The number of nitrogens with zero attached hydrogens (tertiary/aromatic N) is 3. The van der Waals surface area contributed by atoms with E-state index < -0.39 is 56.6 Å². The Morgan fingerprint density at radius 1 is 0.583 bits per heavy atom. The van der Waals surface area contributed by atoms with Gasteiger partial charge in [0.2, 0.25) is 6.43 Å². The maximum atomic E-state index is 15.0. The first-order chi connectivity index (χ1) is 28.5. The smallest absolute Gasteiger partial charge is 0.393 e. The molecule has 1 heterocycles. The molecule has 0 bridgehead atoms. The summed E-state index contributed by atoms with van der Waals surface area (Å²) in [6.45, 7) is -0.588. The molecule has 0 spiro atoms. The monoisotopic (exact) mass is 986 g/mol. The van der Waals surface area contributed by atoms with E-state index in [2.05, 4.69) is 0 Å². The summed E-state index contributed by atoms with van der Waals surface area (Å²) < 4.78 is 75.0. The Morgan fingerprint density at radius 2 is 1.00 bits per heavy atom. The zero-order chi connectivity index (χ0) is 43.3. The van der Waals surface area contributed by atoms with Crippen molar-refractivity contribution in [3.05, 3.63) is 116 Å². The number of halogens is 8. The first-order valence-electron chi connectivity index (χ1n) is 17.1. The molecule has 14 nitrogen and oxygen atoms in total. The van der Waals surface area contributed by atoms with E-state index >= 15 is 0 Å². The summed E-state index contributed by atoms with van der Waals surface area (Å²) in [5.74, 6) is -0.0506. The van der Waals surface area contributed by atoms with Crippen LogP contribution < -0.4 is 51.9 Å². The molecular weight excluding hydrogens is 956 g/mol. The Labute approximate surface area is 369 Å². The van der Waals surface area contributed by atoms with Crippen LogP contribution in [0.2, 0.25) is 25.1 Å². The molecule has 4 atom stereocenters. The van der Waals surface area contributed by atoms with Crippen molar-refractivity contribution in [2.24, 2.45) is 4.52 Å². The van der Waals surface area contributed by atoms with Crippen molar-refractivity contribution < 1.29 is 40.9 Å². The SMILES string of the molecule is Nc1ccc(ON2P(Oc3ccc(N)cc3Cl)N=P(OCCC(F)CC(F)F)(Oc3ccc(N)cc3Cl)N(Oc3ccc(N)cc3Cl)P2Oc2ccc(N)cc2Cl)c(Cl)c1. The van der Waals surface area contributed by atoms with Gasteiger partial charge >= 0.3 is 24.6 Å². The molecule has 1 aliphatic rings. The molecule has 0 radical (unpaired) electrons.